The summed E-state index contributed by atoms with van der Waals surface area (Å²) < 4.78 is 83.7. The van der Waals surface area contributed by atoms with Gasteiger partial charge in [-0.2, -0.15) is 26.3 Å². The quantitative estimate of drug-likeness (QED) is 0.201. The van der Waals surface area contributed by atoms with Crippen LogP contribution in [0, 0.1) is 0 Å². The molecule has 0 fully saturated rings. The van der Waals surface area contributed by atoms with Gasteiger partial charge >= 0.3 is 24.4 Å². The lowest BCUT2D eigenvalue weighted by molar-refractivity contribution is -0.0979. The molecule has 218 valence electrons. The van der Waals surface area contributed by atoms with Crippen molar-refractivity contribution in [1.82, 2.24) is 21.3 Å². The fraction of sp³-hybridized carbons (Fsp3) is 0.154. The molecule has 0 bridgehead atoms. The second-order valence-corrected chi connectivity index (χ2v) is 10.8. The summed E-state index contributed by atoms with van der Waals surface area (Å²) in [5, 5.41) is 10.9. The highest BCUT2D eigenvalue weighted by atomic mass is 32.1. The van der Waals surface area contributed by atoms with Crippen LogP contribution in [0.5, 0.6) is 0 Å². The van der Waals surface area contributed by atoms with Crippen LogP contribution in [-0.2, 0) is 0 Å². The molecule has 8 nitrogen and oxygen atoms in total. The van der Waals surface area contributed by atoms with Crippen molar-refractivity contribution in [3.63, 3.8) is 0 Å². The number of carbonyl (C=O) groups is 4. The molecule has 0 saturated heterocycles. The van der Waals surface area contributed by atoms with E-state index in [-0.39, 0.29) is 20.9 Å². The number of benzene rings is 1. The van der Waals surface area contributed by atoms with Gasteiger partial charge in [-0.1, -0.05) is 36.4 Å². The number of Topliss-reactive ketones (excluding diaryl/α,β-unsaturated/α-hetero) is 2. The van der Waals surface area contributed by atoms with E-state index in [1.165, 1.54) is 59.3 Å². The van der Waals surface area contributed by atoms with Gasteiger partial charge in [0, 0.05) is 0 Å². The summed E-state index contributed by atoms with van der Waals surface area (Å²) >= 11 is 1.79. The smallest absolute Gasteiger partial charge is 0.327 e. The lowest BCUT2D eigenvalue weighted by Crippen LogP contribution is -2.49. The van der Waals surface area contributed by atoms with Crippen LogP contribution in [0.3, 0.4) is 0 Å². The molecular weight excluding hydrogens is 610 g/mol. The number of halogens is 6. The van der Waals surface area contributed by atoms with Crippen molar-refractivity contribution in [2.24, 2.45) is 0 Å². The van der Waals surface area contributed by atoms with Gasteiger partial charge in [0.1, 0.15) is 11.4 Å². The van der Waals surface area contributed by atoms with Crippen molar-refractivity contribution in [2.45, 2.75) is 24.4 Å². The molecule has 0 spiro atoms. The number of rotatable bonds is 6. The summed E-state index contributed by atoms with van der Waals surface area (Å²) in [7, 11) is 0. The lowest BCUT2D eigenvalue weighted by atomic mass is 9.88. The van der Waals surface area contributed by atoms with Crippen LogP contribution in [0.25, 0.3) is 0 Å². The standard InChI is InChI=1S/C26H16F6N4O4S2/c27-25(28,29)21-15(19(37)13-3-1-9-41-13)17(33-23(39)35-21)11-5-7-12(8-6-11)18-16(20(38)14-4-2-10-42-14)22(26(30,31)32)36-24(40)34-18/h1-10,17-18H,(H2,33,35,39)(H2,34,36,40). The Hall–Kier alpha value is -4.44. The van der Waals surface area contributed by atoms with Gasteiger partial charge in [0.2, 0.25) is 11.6 Å². The Bertz CT molecular complexity index is 1500. The van der Waals surface area contributed by atoms with Crippen molar-refractivity contribution in [3.8, 4) is 0 Å². The first-order chi connectivity index (χ1) is 19.8. The van der Waals surface area contributed by atoms with Gasteiger partial charge in [-0.05, 0) is 34.0 Å². The van der Waals surface area contributed by atoms with Gasteiger partial charge in [-0.15, -0.1) is 22.7 Å². The molecule has 4 heterocycles. The molecule has 0 saturated carbocycles. The van der Waals surface area contributed by atoms with Crippen LogP contribution in [-0.4, -0.2) is 36.0 Å². The third-order valence-electron chi connectivity index (χ3n) is 6.29. The van der Waals surface area contributed by atoms with Crippen LogP contribution < -0.4 is 21.3 Å². The third kappa shape index (κ3) is 5.54. The fourth-order valence-corrected chi connectivity index (χ4v) is 5.88. The summed E-state index contributed by atoms with van der Waals surface area (Å²) in [6.07, 6.45) is -10.2. The molecule has 5 rings (SSSR count). The van der Waals surface area contributed by atoms with Gasteiger partial charge in [-0.3, -0.25) is 9.59 Å². The molecular formula is C26H16F6N4O4S2. The molecule has 4 N–H and O–H groups in total. The molecule has 4 amide bonds. The Morgan fingerprint density at radius 3 is 1.26 bits per heavy atom. The first kappa shape index (κ1) is 29.1. The maximum atomic E-state index is 13.9. The minimum absolute atomic E-state index is 0.0123. The minimum Gasteiger partial charge on any atom is -0.327 e. The molecule has 2 atom stereocenters. The number of carbonyl (C=O) groups excluding carboxylic acids is 4. The van der Waals surface area contributed by atoms with E-state index in [1.54, 1.807) is 10.6 Å². The number of nitrogens with one attached hydrogen (secondary N) is 4. The molecule has 1 aromatic carbocycles. The molecule has 42 heavy (non-hydrogen) atoms. The SMILES string of the molecule is O=C1NC(C(F)(F)F)=C(C(=O)c2cccs2)C(c2ccc(C3NC(=O)NC(C(F)(F)F)=C3C(=O)c3cccs3)cc2)N1. The lowest BCUT2D eigenvalue weighted by Gasteiger charge is -2.32. The Labute approximate surface area is 240 Å². The number of allylic oxidation sites excluding steroid dienone is 2. The molecule has 2 unspecified atom stereocenters. The van der Waals surface area contributed by atoms with Gasteiger partial charge in [0.05, 0.1) is 33.0 Å². The number of thiophene rings is 2. The molecule has 0 aliphatic carbocycles. The number of urea groups is 2. The normalized spacial score (nSPS) is 19.6. The van der Waals surface area contributed by atoms with Gasteiger partial charge in [0.25, 0.3) is 0 Å². The van der Waals surface area contributed by atoms with E-state index in [4.69, 9.17) is 0 Å². The van der Waals surface area contributed by atoms with Crippen LogP contribution in [0.15, 0.2) is 81.8 Å². The van der Waals surface area contributed by atoms with Crippen LogP contribution in [0.4, 0.5) is 35.9 Å². The fourth-order valence-electron chi connectivity index (χ4n) is 4.53. The molecule has 3 aromatic rings. The maximum Gasteiger partial charge on any atom is 0.431 e. The average Bonchev–Trinajstić information content (AvgIpc) is 3.66. The minimum atomic E-state index is -5.10. The molecule has 16 heteroatoms. The second kappa shape index (κ2) is 10.8. The predicted molar refractivity (Wildman–Crippen MR) is 139 cm³/mol. The summed E-state index contributed by atoms with van der Waals surface area (Å²) in [6.45, 7) is 0. The summed E-state index contributed by atoms with van der Waals surface area (Å²) in [6, 6.07) is 4.70. The summed E-state index contributed by atoms with van der Waals surface area (Å²) in [5.74, 6) is -1.99. The summed E-state index contributed by atoms with van der Waals surface area (Å²) in [5.41, 5.74) is -4.71. The first-order valence-corrected chi connectivity index (χ1v) is 13.6. The number of amides is 4. The zero-order valence-electron chi connectivity index (χ0n) is 20.6. The highest BCUT2D eigenvalue weighted by molar-refractivity contribution is 7.12. The van der Waals surface area contributed by atoms with Crippen LogP contribution in [0.2, 0.25) is 0 Å². The van der Waals surface area contributed by atoms with Crippen LogP contribution >= 0.6 is 22.7 Å². The number of ketones is 2. The van der Waals surface area contributed by atoms with Gasteiger partial charge < -0.3 is 21.3 Å². The molecule has 2 aliphatic rings. The van der Waals surface area contributed by atoms with E-state index < -0.39 is 70.6 Å². The predicted octanol–water partition coefficient (Wildman–Crippen LogP) is 5.92. The molecule has 0 radical (unpaired) electrons. The van der Waals surface area contributed by atoms with E-state index in [2.05, 4.69) is 10.6 Å². The van der Waals surface area contributed by atoms with Crippen molar-refractivity contribution >= 4 is 46.3 Å². The number of hydrogen-bond acceptors (Lipinski definition) is 6. The van der Waals surface area contributed by atoms with E-state index in [0.29, 0.717) is 0 Å². The van der Waals surface area contributed by atoms with Crippen molar-refractivity contribution in [3.05, 3.63) is 103 Å². The number of alkyl halides is 6. The zero-order valence-corrected chi connectivity index (χ0v) is 22.3. The van der Waals surface area contributed by atoms with E-state index in [9.17, 15) is 45.5 Å². The molecule has 2 aromatic heterocycles. The topological polar surface area (TPSA) is 116 Å². The van der Waals surface area contributed by atoms with Crippen LogP contribution in [0.1, 0.15) is 42.6 Å². The van der Waals surface area contributed by atoms with E-state index in [1.807, 2.05) is 0 Å². The van der Waals surface area contributed by atoms with E-state index >= 15 is 0 Å². The van der Waals surface area contributed by atoms with Crippen molar-refractivity contribution < 1.29 is 45.5 Å². The maximum absolute atomic E-state index is 13.9. The Kier molecular flexibility index (Phi) is 7.44. The highest BCUT2D eigenvalue weighted by Gasteiger charge is 2.47. The Morgan fingerprint density at radius 1 is 0.619 bits per heavy atom. The summed E-state index contributed by atoms with van der Waals surface area (Å²) in [4.78, 5) is 50.7. The molecule has 2 aliphatic heterocycles. The largest absolute Gasteiger partial charge is 0.431 e. The third-order valence-corrected chi connectivity index (χ3v) is 8.03. The Morgan fingerprint density at radius 2 is 0.976 bits per heavy atom. The zero-order chi connectivity index (χ0) is 30.4. The second-order valence-electron chi connectivity index (χ2n) is 8.92. The highest BCUT2D eigenvalue weighted by Crippen LogP contribution is 2.40. The monoisotopic (exact) mass is 626 g/mol. The van der Waals surface area contributed by atoms with E-state index in [0.717, 1.165) is 22.7 Å². The Balaban J connectivity index is 1.59. The first-order valence-electron chi connectivity index (χ1n) is 11.8. The average molecular weight is 627 g/mol. The van der Waals surface area contributed by atoms with Gasteiger partial charge in [0.15, 0.2) is 0 Å². The van der Waals surface area contributed by atoms with Crippen molar-refractivity contribution in [1.29, 1.82) is 0 Å². The van der Waals surface area contributed by atoms with Gasteiger partial charge in [-0.25, -0.2) is 9.59 Å². The van der Waals surface area contributed by atoms with Crippen molar-refractivity contribution in [2.75, 3.05) is 0 Å². The number of hydrogen-bond donors (Lipinski definition) is 4.